The Balaban J connectivity index is 2.52. The van der Waals surface area contributed by atoms with E-state index in [9.17, 15) is 0 Å². The molecule has 0 saturated heterocycles. The van der Waals surface area contributed by atoms with Gasteiger partial charge in [0.15, 0.2) is 0 Å². The quantitative estimate of drug-likeness (QED) is 0.660. The summed E-state index contributed by atoms with van der Waals surface area (Å²) in [5.41, 5.74) is 2.61. The van der Waals surface area contributed by atoms with E-state index in [1.54, 1.807) is 0 Å². The Bertz CT molecular complexity index is 506. The molecule has 0 aliphatic rings. The van der Waals surface area contributed by atoms with Crippen molar-refractivity contribution in [1.29, 1.82) is 0 Å². The van der Waals surface area contributed by atoms with Gasteiger partial charge in [-0.05, 0) is 35.3 Å². The third-order valence-electron chi connectivity index (χ3n) is 2.77. The highest BCUT2D eigenvalue weighted by molar-refractivity contribution is 6.18. The molecule has 1 heteroatoms. The smallest absolute Gasteiger partial charge is 0.0258 e. The molecule has 0 atom stereocenters. The highest BCUT2D eigenvalue weighted by Gasteiger charge is 2.01. The second-order valence-corrected chi connectivity index (χ2v) is 4.27. The molecule has 0 amide bonds. The van der Waals surface area contributed by atoms with Gasteiger partial charge < -0.3 is 0 Å². The Morgan fingerprint density at radius 1 is 1.12 bits per heavy atom. The molecule has 2 aromatic carbocycles. The Labute approximate surface area is 102 Å². The number of alkyl halides is 1. The van der Waals surface area contributed by atoms with Crippen molar-refractivity contribution in [3.63, 3.8) is 0 Å². The fraction of sp³-hybridized carbons (Fsp3) is 0.200. The standard InChI is InChI=1S/C15H15Cl/c1-12(6-5-11-16)14-10-4-8-13-7-2-3-9-15(13)14/h2-4,6-10H,5,11H2,1H3. The van der Waals surface area contributed by atoms with Crippen LogP contribution in [0.25, 0.3) is 16.3 Å². The number of benzene rings is 2. The molecule has 0 fully saturated rings. The fourth-order valence-electron chi connectivity index (χ4n) is 1.95. The minimum atomic E-state index is 0.683. The zero-order valence-corrected chi connectivity index (χ0v) is 10.2. The van der Waals surface area contributed by atoms with E-state index in [-0.39, 0.29) is 0 Å². The van der Waals surface area contributed by atoms with Crippen molar-refractivity contribution in [3.05, 3.63) is 54.1 Å². The molecule has 0 saturated carbocycles. The molecule has 0 radical (unpaired) electrons. The van der Waals surface area contributed by atoms with E-state index in [0.717, 1.165) is 6.42 Å². The molecule has 0 heterocycles. The van der Waals surface area contributed by atoms with Crippen LogP contribution < -0.4 is 0 Å². The van der Waals surface area contributed by atoms with Gasteiger partial charge in [-0.25, -0.2) is 0 Å². The molecule has 0 N–H and O–H groups in total. The predicted molar refractivity (Wildman–Crippen MR) is 72.9 cm³/mol. The molecule has 0 aliphatic heterocycles. The van der Waals surface area contributed by atoms with Crippen LogP contribution in [0.4, 0.5) is 0 Å². The maximum atomic E-state index is 5.71. The second-order valence-electron chi connectivity index (χ2n) is 3.89. The summed E-state index contributed by atoms with van der Waals surface area (Å²) in [5.74, 6) is 0.683. The molecule has 2 aromatic rings. The highest BCUT2D eigenvalue weighted by Crippen LogP contribution is 2.24. The van der Waals surface area contributed by atoms with Crippen LogP contribution in [0.3, 0.4) is 0 Å². The summed E-state index contributed by atoms with van der Waals surface area (Å²) in [4.78, 5) is 0. The molecule has 0 nitrogen and oxygen atoms in total. The molecular formula is C15H15Cl. The summed E-state index contributed by atoms with van der Waals surface area (Å²) in [6, 6.07) is 14.9. The van der Waals surface area contributed by atoms with Gasteiger partial charge >= 0.3 is 0 Å². The third kappa shape index (κ3) is 2.28. The van der Waals surface area contributed by atoms with Gasteiger partial charge in [0.25, 0.3) is 0 Å². The van der Waals surface area contributed by atoms with Gasteiger partial charge in [0.1, 0.15) is 0 Å². The predicted octanol–water partition coefficient (Wildman–Crippen LogP) is 4.87. The third-order valence-corrected chi connectivity index (χ3v) is 2.99. The van der Waals surface area contributed by atoms with Crippen molar-refractivity contribution in [2.45, 2.75) is 13.3 Å². The highest BCUT2D eigenvalue weighted by atomic mass is 35.5. The largest absolute Gasteiger partial charge is 0.126 e. The number of halogens is 1. The van der Waals surface area contributed by atoms with Crippen LogP contribution in [0.15, 0.2) is 48.5 Å². The average Bonchev–Trinajstić information content (AvgIpc) is 2.35. The average molecular weight is 231 g/mol. The van der Waals surface area contributed by atoms with Crippen molar-refractivity contribution < 1.29 is 0 Å². The van der Waals surface area contributed by atoms with Gasteiger partial charge in [0, 0.05) is 5.88 Å². The zero-order chi connectivity index (χ0) is 11.4. The fourth-order valence-corrected chi connectivity index (χ4v) is 2.06. The lowest BCUT2D eigenvalue weighted by atomic mass is 9.99. The summed E-state index contributed by atoms with van der Waals surface area (Å²) < 4.78 is 0. The summed E-state index contributed by atoms with van der Waals surface area (Å²) in [5, 5.41) is 2.60. The number of hydrogen-bond donors (Lipinski definition) is 0. The minimum absolute atomic E-state index is 0.683. The SMILES string of the molecule is CC(=CCCCl)c1cccc2ccccc12. The van der Waals surface area contributed by atoms with Gasteiger partial charge in [-0.3, -0.25) is 0 Å². The number of allylic oxidation sites excluding steroid dienone is 2. The first kappa shape index (κ1) is 11.2. The molecule has 82 valence electrons. The van der Waals surface area contributed by atoms with Crippen molar-refractivity contribution in [1.82, 2.24) is 0 Å². The van der Waals surface area contributed by atoms with Crippen LogP contribution in [0, 0.1) is 0 Å². The maximum Gasteiger partial charge on any atom is 0.0258 e. The van der Waals surface area contributed by atoms with E-state index in [1.165, 1.54) is 21.9 Å². The minimum Gasteiger partial charge on any atom is -0.126 e. The van der Waals surface area contributed by atoms with Gasteiger partial charge in [-0.15, -0.1) is 11.6 Å². The Morgan fingerprint density at radius 2 is 1.88 bits per heavy atom. The number of fused-ring (bicyclic) bond motifs is 1. The van der Waals surface area contributed by atoms with Crippen molar-refractivity contribution in [3.8, 4) is 0 Å². The monoisotopic (exact) mass is 230 g/mol. The first-order valence-corrected chi connectivity index (χ1v) is 6.07. The molecule has 16 heavy (non-hydrogen) atoms. The van der Waals surface area contributed by atoms with Crippen molar-refractivity contribution in [2.24, 2.45) is 0 Å². The molecular weight excluding hydrogens is 216 g/mol. The number of rotatable bonds is 3. The molecule has 0 aliphatic carbocycles. The second kappa shape index (κ2) is 5.18. The summed E-state index contributed by atoms with van der Waals surface area (Å²) >= 11 is 5.71. The van der Waals surface area contributed by atoms with Crippen LogP contribution in [-0.4, -0.2) is 5.88 Å². The van der Waals surface area contributed by atoms with Crippen LogP contribution in [0.5, 0.6) is 0 Å². The van der Waals surface area contributed by atoms with E-state index in [1.807, 2.05) is 0 Å². The van der Waals surface area contributed by atoms with Gasteiger partial charge in [-0.1, -0.05) is 48.5 Å². The van der Waals surface area contributed by atoms with Crippen molar-refractivity contribution in [2.75, 3.05) is 5.88 Å². The van der Waals surface area contributed by atoms with E-state index in [2.05, 4.69) is 55.5 Å². The zero-order valence-electron chi connectivity index (χ0n) is 9.41. The molecule has 0 bridgehead atoms. The molecule has 0 unspecified atom stereocenters. The Hall–Kier alpha value is -1.27. The van der Waals surface area contributed by atoms with Crippen LogP contribution in [0.2, 0.25) is 0 Å². The lowest BCUT2D eigenvalue weighted by Crippen LogP contribution is -1.83. The normalized spacial score (nSPS) is 12.0. The first-order valence-electron chi connectivity index (χ1n) is 5.54. The van der Waals surface area contributed by atoms with Gasteiger partial charge in [0.05, 0.1) is 0 Å². The van der Waals surface area contributed by atoms with E-state index >= 15 is 0 Å². The summed E-state index contributed by atoms with van der Waals surface area (Å²) in [6.45, 7) is 2.15. The molecule has 0 spiro atoms. The van der Waals surface area contributed by atoms with Gasteiger partial charge in [0.2, 0.25) is 0 Å². The topological polar surface area (TPSA) is 0 Å². The Morgan fingerprint density at radius 3 is 2.69 bits per heavy atom. The van der Waals surface area contributed by atoms with E-state index in [0.29, 0.717) is 5.88 Å². The lowest BCUT2D eigenvalue weighted by Gasteiger charge is -2.06. The molecule has 2 rings (SSSR count). The first-order chi connectivity index (χ1) is 7.83. The lowest BCUT2D eigenvalue weighted by molar-refractivity contribution is 1.23. The van der Waals surface area contributed by atoms with Gasteiger partial charge in [-0.2, -0.15) is 0 Å². The molecule has 0 aromatic heterocycles. The Kier molecular flexibility index (Phi) is 3.63. The summed E-state index contributed by atoms with van der Waals surface area (Å²) in [6.07, 6.45) is 3.13. The maximum absolute atomic E-state index is 5.71. The van der Waals surface area contributed by atoms with Crippen LogP contribution in [0.1, 0.15) is 18.9 Å². The van der Waals surface area contributed by atoms with Crippen LogP contribution >= 0.6 is 11.6 Å². The van der Waals surface area contributed by atoms with E-state index in [4.69, 9.17) is 11.6 Å². The summed E-state index contributed by atoms with van der Waals surface area (Å²) in [7, 11) is 0. The van der Waals surface area contributed by atoms with Crippen LogP contribution in [-0.2, 0) is 0 Å². The van der Waals surface area contributed by atoms with E-state index < -0.39 is 0 Å². The number of hydrogen-bond acceptors (Lipinski definition) is 0. The van der Waals surface area contributed by atoms with Crippen molar-refractivity contribution >= 4 is 27.9 Å².